The molecule has 8 heteroatoms. The Morgan fingerprint density at radius 1 is 1.07 bits per heavy atom. The van der Waals surface area contributed by atoms with Crippen LogP contribution in [0.3, 0.4) is 0 Å². The maximum absolute atomic E-state index is 12.8. The topological polar surface area (TPSA) is 70.2 Å². The van der Waals surface area contributed by atoms with Gasteiger partial charge in [-0.3, -0.25) is 9.69 Å². The van der Waals surface area contributed by atoms with Crippen LogP contribution in [0.4, 0.5) is 0 Å². The molecule has 0 bridgehead atoms. The molecule has 0 aromatic rings. The lowest BCUT2D eigenvalue weighted by atomic mass is 9.88. The van der Waals surface area contributed by atoms with Gasteiger partial charge >= 0.3 is 0 Å². The summed E-state index contributed by atoms with van der Waals surface area (Å²) in [7, 11) is -3.27. The van der Waals surface area contributed by atoms with E-state index in [1.54, 1.807) is 4.31 Å². The number of morpholine rings is 1. The smallest absolute Gasteiger partial charge is 0.225 e. The van der Waals surface area contributed by atoms with Gasteiger partial charge in [0.1, 0.15) is 0 Å². The molecule has 1 amide bonds. The normalized spacial score (nSPS) is 26.0. The van der Waals surface area contributed by atoms with Gasteiger partial charge in [0, 0.05) is 44.7 Å². The Kier molecular flexibility index (Phi) is 7.53. The minimum Gasteiger partial charge on any atom is -0.379 e. The van der Waals surface area contributed by atoms with Gasteiger partial charge in [0.05, 0.1) is 19.5 Å². The molecular formula is C19H35N3O4S. The molecule has 0 spiro atoms. The van der Waals surface area contributed by atoms with Crippen LogP contribution in [0.5, 0.6) is 0 Å². The van der Waals surface area contributed by atoms with Gasteiger partial charge in [-0.1, -0.05) is 19.3 Å². The summed E-state index contributed by atoms with van der Waals surface area (Å²) in [5.41, 5.74) is 0. The Morgan fingerprint density at radius 3 is 2.44 bits per heavy atom. The predicted octanol–water partition coefficient (Wildman–Crippen LogP) is 1.15. The lowest BCUT2D eigenvalue weighted by Crippen LogP contribution is -2.44. The van der Waals surface area contributed by atoms with Crippen LogP contribution >= 0.6 is 0 Å². The summed E-state index contributed by atoms with van der Waals surface area (Å²) in [6, 6.07) is -0.0720. The van der Waals surface area contributed by atoms with E-state index in [2.05, 4.69) is 4.90 Å². The summed E-state index contributed by atoms with van der Waals surface area (Å²) in [4.78, 5) is 17.0. The molecule has 2 saturated heterocycles. The maximum Gasteiger partial charge on any atom is 0.225 e. The van der Waals surface area contributed by atoms with Crippen LogP contribution in [0.15, 0.2) is 0 Å². The van der Waals surface area contributed by atoms with Gasteiger partial charge in [0.25, 0.3) is 0 Å². The zero-order valence-corrected chi connectivity index (χ0v) is 17.5. The third-order valence-corrected chi connectivity index (χ3v) is 7.55. The van der Waals surface area contributed by atoms with E-state index in [1.807, 2.05) is 4.90 Å². The number of nitrogens with zero attached hydrogens (tertiary/aromatic N) is 3. The van der Waals surface area contributed by atoms with Crippen LogP contribution in [-0.4, -0.2) is 93.2 Å². The zero-order valence-electron chi connectivity index (χ0n) is 16.6. The van der Waals surface area contributed by atoms with Crippen LogP contribution in [0.25, 0.3) is 0 Å². The number of amides is 1. The zero-order chi connectivity index (χ0) is 19.3. The Bertz CT molecular complexity index is 586. The van der Waals surface area contributed by atoms with Crippen LogP contribution in [0.2, 0.25) is 0 Å². The van der Waals surface area contributed by atoms with Crippen molar-refractivity contribution >= 4 is 15.9 Å². The van der Waals surface area contributed by atoms with Gasteiger partial charge in [0.2, 0.25) is 15.9 Å². The molecule has 1 aliphatic carbocycles. The molecule has 0 radical (unpaired) electrons. The Labute approximate surface area is 164 Å². The second-order valence-corrected chi connectivity index (χ2v) is 10.2. The summed E-state index contributed by atoms with van der Waals surface area (Å²) in [6.45, 7) is 6.04. The van der Waals surface area contributed by atoms with E-state index in [0.717, 1.165) is 71.4 Å². The molecule has 0 aromatic carbocycles. The number of rotatable bonds is 7. The fourth-order valence-corrected chi connectivity index (χ4v) is 5.85. The van der Waals surface area contributed by atoms with Crippen LogP contribution in [-0.2, 0) is 19.6 Å². The maximum atomic E-state index is 12.8. The van der Waals surface area contributed by atoms with E-state index in [-0.39, 0.29) is 17.9 Å². The summed E-state index contributed by atoms with van der Waals surface area (Å²) in [5, 5.41) is 0. The summed E-state index contributed by atoms with van der Waals surface area (Å²) in [6.07, 6.45) is 8.38. The highest BCUT2D eigenvalue weighted by Gasteiger charge is 2.36. The molecule has 3 fully saturated rings. The SMILES string of the molecule is CS(=O)(=O)N(CCCN1CCOCC1)C1CCN(C(=O)C2CCCCC2)C1. The highest BCUT2D eigenvalue weighted by atomic mass is 32.2. The average Bonchev–Trinajstić information content (AvgIpc) is 3.14. The van der Waals surface area contributed by atoms with E-state index in [0.29, 0.717) is 19.6 Å². The van der Waals surface area contributed by atoms with Crippen LogP contribution < -0.4 is 0 Å². The van der Waals surface area contributed by atoms with Gasteiger partial charge in [-0.05, 0) is 32.2 Å². The molecule has 1 unspecified atom stereocenters. The van der Waals surface area contributed by atoms with Crippen LogP contribution in [0, 0.1) is 5.92 Å². The minimum absolute atomic E-state index is 0.0720. The van der Waals surface area contributed by atoms with Crippen molar-refractivity contribution in [2.45, 2.75) is 51.0 Å². The molecule has 1 atom stereocenters. The standard InChI is InChI=1S/C19H35N3O4S/c1-27(24,25)22(10-5-9-20-12-14-26-15-13-20)18-8-11-21(16-18)19(23)17-6-3-2-4-7-17/h17-18H,2-16H2,1H3. The van der Waals surface area contributed by atoms with Crippen molar-refractivity contribution in [1.29, 1.82) is 0 Å². The van der Waals surface area contributed by atoms with Gasteiger partial charge in [-0.15, -0.1) is 0 Å². The van der Waals surface area contributed by atoms with E-state index in [1.165, 1.54) is 12.7 Å². The molecule has 7 nitrogen and oxygen atoms in total. The van der Waals surface area contributed by atoms with E-state index < -0.39 is 10.0 Å². The number of likely N-dealkylation sites (tertiary alicyclic amines) is 1. The fourth-order valence-electron chi connectivity index (χ4n) is 4.68. The minimum atomic E-state index is -3.27. The number of carbonyl (C=O) groups is 1. The molecule has 1 saturated carbocycles. The number of hydrogen-bond acceptors (Lipinski definition) is 5. The quantitative estimate of drug-likeness (QED) is 0.640. The predicted molar refractivity (Wildman–Crippen MR) is 105 cm³/mol. The van der Waals surface area contributed by atoms with Gasteiger partial charge in [0.15, 0.2) is 0 Å². The van der Waals surface area contributed by atoms with E-state index >= 15 is 0 Å². The molecule has 3 aliphatic rings. The van der Waals surface area contributed by atoms with Crippen molar-refractivity contribution in [3.63, 3.8) is 0 Å². The number of ether oxygens (including phenoxy) is 1. The monoisotopic (exact) mass is 401 g/mol. The molecule has 2 heterocycles. The first-order valence-electron chi connectivity index (χ1n) is 10.5. The number of hydrogen-bond donors (Lipinski definition) is 0. The second kappa shape index (κ2) is 9.67. The summed E-state index contributed by atoms with van der Waals surface area (Å²) < 4.78 is 31.7. The molecule has 0 aromatic heterocycles. The molecule has 2 aliphatic heterocycles. The molecule has 156 valence electrons. The first-order valence-corrected chi connectivity index (χ1v) is 12.4. The van der Waals surface area contributed by atoms with Gasteiger partial charge in [-0.25, -0.2) is 8.42 Å². The Morgan fingerprint density at radius 2 is 1.78 bits per heavy atom. The van der Waals surface area contributed by atoms with Gasteiger partial charge in [-0.2, -0.15) is 4.31 Å². The lowest BCUT2D eigenvalue weighted by Gasteiger charge is -2.30. The van der Waals surface area contributed by atoms with Crippen molar-refractivity contribution in [3.8, 4) is 0 Å². The molecule has 3 rings (SSSR count). The molecule has 0 N–H and O–H groups in total. The molecular weight excluding hydrogens is 366 g/mol. The lowest BCUT2D eigenvalue weighted by molar-refractivity contribution is -0.135. The molecule has 27 heavy (non-hydrogen) atoms. The second-order valence-electron chi connectivity index (χ2n) is 8.24. The third-order valence-electron chi connectivity index (χ3n) is 6.22. The Balaban J connectivity index is 1.51. The fraction of sp³-hybridized carbons (Fsp3) is 0.947. The summed E-state index contributed by atoms with van der Waals surface area (Å²) >= 11 is 0. The van der Waals surface area contributed by atoms with Crippen molar-refractivity contribution in [3.05, 3.63) is 0 Å². The van der Waals surface area contributed by atoms with Crippen molar-refractivity contribution in [2.75, 3.05) is 58.7 Å². The number of carbonyl (C=O) groups excluding carboxylic acids is 1. The van der Waals surface area contributed by atoms with Crippen LogP contribution in [0.1, 0.15) is 44.9 Å². The summed E-state index contributed by atoms with van der Waals surface area (Å²) in [5.74, 6) is 0.407. The van der Waals surface area contributed by atoms with E-state index in [4.69, 9.17) is 4.74 Å². The van der Waals surface area contributed by atoms with Crippen molar-refractivity contribution in [2.24, 2.45) is 5.92 Å². The van der Waals surface area contributed by atoms with Crippen molar-refractivity contribution in [1.82, 2.24) is 14.1 Å². The van der Waals surface area contributed by atoms with Crippen molar-refractivity contribution < 1.29 is 17.9 Å². The van der Waals surface area contributed by atoms with Gasteiger partial charge < -0.3 is 9.64 Å². The number of sulfonamides is 1. The van der Waals surface area contributed by atoms with E-state index in [9.17, 15) is 13.2 Å². The average molecular weight is 402 g/mol. The Hall–Kier alpha value is -0.700. The first kappa shape index (κ1) is 21.0. The highest BCUT2D eigenvalue weighted by Crippen LogP contribution is 2.28. The largest absolute Gasteiger partial charge is 0.379 e. The third kappa shape index (κ3) is 5.89. The first-order chi connectivity index (χ1) is 12.9. The highest BCUT2D eigenvalue weighted by molar-refractivity contribution is 7.88.